The molecule has 0 aromatic carbocycles. The molecule has 0 heterocycles. The van der Waals surface area contributed by atoms with E-state index in [9.17, 15) is 4.57 Å². The van der Waals surface area contributed by atoms with Crippen LogP contribution in [0.25, 0.3) is 0 Å². The lowest BCUT2D eigenvalue weighted by molar-refractivity contribution is 0.371. The Morgan fingerprint density at radius 3 is 1.78 bits per heavy atom. The quantitative estimate of drug-likeness (QED) is 0.615. The smallest absolute Gasteiger partial charge is 0.266 e. The van der Waals surface area contributed by atoms with E-state index < -0.39 is 7.52 Å². The minimum absolute atomic E-state index is 0.640. The van der Waals surface area contributed by atoms with Gasteiger partial charge >= 0.3 is 0 Å². The van der Waals surface area contributed by atoms with Crippen molar-refractivity contribution in [3.05, 3.63) is 0 Å². The molecular formula is C5H14NO2P. The molecule has 0 rings (SSSR count). The molecule has 0 radical (unpaired) electrons. The fraction of sp³-hybridized carbons (Fsp3) is 1.00. The molecule has 0 aliphatic rings. The van der Waals surface area contributed by atoms with Crippen molar-refractivity contribution in [1.29, 1.82) is 0 Å². The number of hydrogen-bond donors (Lipinski definition) is 1. The van der Waals surface area contributed by atoms with Gasteiger partial charge < -0.3 is 4.89 Å². The summed E-state index contributed by atoms with van der Waals surface area (Å²) in [6.07, 6.45) is 0. The van der Waals surface area contributed by atoms with Gasteiger partial charge in [0.1, 0.15) is 0 Å². The number of hydrogen-bond acceptors (Lipinski definition) is 1. The highest BCUT2D eigenvalue weighted by Crippen LogP contribution is 2.39. The minimum Gasteiger partial charge on any atom is -0.333 e. The predicted octanol–water partition coefficient (Wildman–Crippen LogP) is 1.14. The van der Waals surface area contributed by atoms with Gasteiger partial charge in [0.15, 0.2) is 0 Å². The largest absolute Gasteiger partial charge is 0.333 e. The third kappa shape index (κ3) is 2.99. The lowest BCUT2D eigenvalue weighted by Crippen LogP contribution is -2.18. The first kappa shape index (κ1) is 9.15. The predicted molar refractivity (Wildman–Crippen MR) is 38.7 cm³/mol. The van der Waals surface area contributed by atoms with E-state index in [4.69, 9.17) is 4.89 Å². The van der Waals surface area contributed by atoms with E-state index in [1.807, 2.05) is 13.8 Å². The van der Waals surface area contributed by atoms with Gasteiger partial charge in [0.2, 0.25) is 0 Å². The van der Waals surface area contributed by atoms with Crippen molar-refractivity contribution in [2.24, 2.45) is 0 Å². The molecule has 0 spiro atoms. The summed E-state index contributed by atoms with van der Waals surface area (Å²) in [7, 11) is -2.94. The first-order chi connectivity index (χ1) is 4.02. The van der Waals surface area contributed by atoms with Crippen molar-refractivity contribution in [3.63, 3.8) is 0 Å². The molecule has 0 saturated carbocycles. The van der Waals surface area contributed by atoms with Crippen LogP contribution < -0.4 is 0 Å². The Morgan fingerprint density at radius 2 is 1.78 bits per heavy atom. The van der Waals surface area contributed by atoms with E-state index in [1.165, 1.54) is 6.66 Å². The zero-order chi connectivity index (χ0) is 7.49. The van der Waals surface area contributed by atoms with E-state index in [1.54, 1.807) is 4.67 Å². The van der Waals surface area contributed by atoms with Crippen molar-refractivity contribution >= 4 is 7.52 Å². The second-order valence-corrected chi connectivity index (χ2v) is 4.21. The van der Waals surface area contributed by atoms with Crippen molar-refractivity contribution in [2.75, 3.05) is 19.8 Å². The Balaban J connectivity index is 3.96. The second-order valence-electron chi connectivity index (χ2n) is 1.97. The van der Waals surface area contributed by atoms with Gasteiger partial charge in [-0.05, 0) is 0 Å². The Hall–Kier alpha value is 0.150. The molecular weight excluding hydrogens is 137 g/mol. The molecule has 0 aromatic rings. The molecule has 0 aliphatic carbocycles. The fourth-order valence-electron chi connectivity index (χ4n) is 0.748. The van der Waals surface area contributed by atoms with E-state index >= 15 is 0 Å². The van der Waals surface area contributed by atoms with Gasteiger partial charge in [0.05, 0.1) is 0 Å². The maximum absolute atomic E-state index is 10.9. The van der Waals surface area contributed by atoms with E-state index in [0.29, 0.717) is 13.1 Å². The molecule has 9 heavy (non-hydrogen) atoms. The normalized spacial score (nSPS) is 17.9. The summed E-state index contributed by atoms with van der Waals surface area (Å²) in [5.41, 5.74) is 0. The standard InChI is InChI=1S/C5H14NO2P/c1-4-6(5-2)9(3,7)8/h4-5H2,1-3H3,(H,7,8). The van der Waals surface area contributed by atoms with Gasteiger partial charge in [-0.2, -0.15) is 0 Å². The van der Waals surface area contributed by atoms with Gasteiger partial charge in [-0.25, -0.2) is 4.67 Å². The third-order valence-electron chi connectivity index (χ3n) is 1.25. The Labute approximate surface area is 56.2 Å². The van der Waals surface area contributed by atoms with Crippen LogP contribution in [0.15, 0.2) is 0 Å². The van der Waals surface area contributed by atoms with Crippen LogP contribution in [-0.2, 0) is 4.57 Å². The van der Waals surface area contributed by atoms with Crippen LogP contribution in [0.3, 0.4) is 0 Å². The van der Waals surface area contributed by atoms with Crippen molar-refractivity contribution in [1.82, 2.24) is 4.67 Å². The summed E-state index contributed by atoms with van der Waals surface area (Å²) >= 11 is 0. The Morgan fingerprint density at radius 1 is 1.44 bits per heavy atom. The highest BCUT2D eigenvalue weighted by molar-refractivity contribution is 7.54. The average molecular weight is 151 g/mol. The van der Waals surface area contributed by atoms with Crippen LogP contribution in [0.1, 0.15) is 13.8 Å². The maximum atomic E-state index is 10.9. The van der Waals surface area contributed by atoms with Crippen molar-refractivity contribution in [3.8, 4) is 0 Å². The zero-order valence-corrected chi connectivity index (χ0v) is 7.06. The van der Waals surface area contributed by atoms with Crippen molar-refractivity contribution < 1.29 is 9.46 Å². The first-order valence-electron chi connectivity index (χ1n) is 3.08. The molecule has 0 fully saturated rings. The third-order valence-corrected chi connectivity index (χ3v) is 2.87. The van der Waals surface area contributed by atoms with Crippen LogP contribution in [-0.4, -0.2) is 29.3 Å². The SMILES string of the molecule is CCN(CC)P(C)(=O)O. The van der Waals surface area contributed by atoms with Gasteiger partial charge in [-0.15, -0.1) is 0 Å². The second kappa shape index (κ2) is 3.35. The Bertz CT molecular complexity index is 116. The van der Waals surface area contributed by atoms with E-state index in [-0.39, 0.29) is 0 Å². The van der Waals surface area contributed by atoms with Crippen LogP contribution in [0.5, 0.6) is 0 Å². The lowest BCUT2D eigenvalue weighted by atomic mass is 10.7. The molecule has 4 heteroatoms. The molecule has 0 aliphatic heterocycles. The molecule has 56 valence electrons. The average Bonchev–Trinajstić information content (AvgIpc) is 1.65. The van der Waals surface area contributed by atoms with Crippen LogP contribution in [0.4, 0.5) is 0 Å². The molecule has 1 atom stereocenters. The lowest BCUT2D eigenvalue weighted by Gasteiger charge is -2.20. The number of rotatable bonds is 3. The molecule has 3 nitrogen and oxygen atoms in total. The van der Waals surface area contributed by atoms with Gasteiger partial charge in [-0.3, -0.25) is 4.57 Å². The minimum atomic E-state index is -2.94. The Kier molecular flexibility index (Phi) is 3.41. The van der Waals surface area contributed by atoms with E-state index in [2.05, 4.69) is 0 Å². The molecule has 0 amide bonds. The van der Waals surface area contributed by atoms with Gasteiger partial charge in [0.25, 0.3) is 7.52 Å². The summed E-state index contributed by atoms with van der Waals surface area (Å²) in [6.45, 7) is 6.38. The van der Waals surface area contributed by atoms with Crippen LogP contribution >= 0.6 is 7.52 Å². The number of nitrogens with zero attached hydrogens (tertiary/aromatic N) is 1. The zero-order valence-electron chi connectivity index (χ0n) is 6.16. The fourth-order valence-corrected chi connectivity index (χ4v) is 1.80. The van der Waals surface area contributed by atoms with E-state index in [0.717, 1.165) is 0 Å². The highest BCUT2D eigenvalue weighted by Gasteiger charge is 2.16. The molecule has 0 bridgehead atoms. The maximum Gasteiger partial charge on any atom is 0.266 e. The summed E-state index contributed by atoms with van der Waals surface area (Å²) < 4.78 is 12.4. The summed E-state index contributed by atoms with van der Waals surface area (Å²) in [5.74, 6) is 0. The van der Waals surface area contributed by atoms with Gasteiger partial charge in [0, 0.05) is 19.8 Å². The monoisotopic (exact) mass is 151 g/mol. The van der Waals surface area contributed by atoms with Gasteiger partial charge in [-0.1, -0.05) is 13.8 Å². The molecule has 1 unspecified atom stereocenters. The summed E-state index contributed by atoms with van der Waals surface area (Å²) in [4.78, 5) is 8.96. The van der Waals surface area contributed by atoms with Crippen LogP contribution in [0.2, 0.25) is 0 Å². The molecule has 0 aromatic heterocycles. The topological polar surface area (TPSA) is 40.5 Å². The van der Waals surface area contributed by atoms with Crippen LogP contribution in [0, 0.1) is 0 Å². The molecule has 1 N–H and O–H groups in total. The first-order valence-corrected chi connectivity index (χ1v) is 5.14. The molecule has 0 saturated heterocycles. The summed E-state index contributed by atoms with van der Waals surface area (Å²) in [6, 6.07) is 0. The van der Waals surface area contributed by atoms with Crippen molar-refractivity contribution in [2.45, 2.75) is 13.8 Å². The highest BCUT2D eigenvalue weighted by atomic mass is 31.2. The summed E-state index contributed by atoms with van der Waals surface area (Å²) in [5, 5.41) is 0.